The van der Waals surface area contributed by atoms with Crippen LogP contribution >= 0.6 is 23.7 Å². The predicted molar refractivity (Wildman–Crippen MR) is 89.4 cm³/mol. The van der Waals surface area contributed by atoms with Gasteiger partial charge in [-0.2, -0.15) is 0 Å². The fourth-order valence-electron chi connectivity index (χ4n) is 2.64. The third-order valence-electron chi connectivity index (χ3n) is 3.54. The Kier molecular flexibility index (Phi) is 7.74. The first kappa shape index (κ1) is 19.7. The van der Waals surface area contributed by atoms with Crippen LogP contribution in [0, 0.1) is 0 Å². The zero-order valence-corrected chi connectivity index (χ0v) is 14.8. The summed E-state index contributed by atoms with van der Waals surface area (Å²) in [6.07, 6.45) is 2.83. The molecule has 0 spiro atoms. The molecule has 0 bridgehead atoms. The van der Waals surface area contributed by atoms with Crippen molar-refractivity contribution in [1.82, 2.24) is 9.88 Å². The second-order valence-electron chi connectivity index (χ2n) is 4.95. The number of esters is 2. The number of nitrogens with two attached hydrogens (primary N) is 1. The van der Waals surface area contributed by atoms with E-state index in [1.165, 1.54) is 11.3 Å². The quantitative estimate of drug-likeness (QED) is 0.767. The number of hydrogen-bond acceptors (Lipinski definition) is 8. The van der Waals surface area contributed by atoms with Crippen LogP contribution in [0.25, 0.3) is 0 Å². The van der Waals surface area contributed by atoms with E-state index in [4.69, 9.17) is 15.2 Å². The zero-order valence-electron chi connectivity index (χ0n) is 13.2. The van der Waals surface area contributed by atoms with Gasteiger partial charge >= 0.3 is 11.9 Å². The minimum Gasteiger partial charge on any atom is -0.465 e. The van der Waals surface area contributed by atoms with Gasteiger partial charge in [0, 0.05) is 17.6 Å². The smallest absolute Gasteiger partial charge is 0.323 e. The maximum atomic E-state index is 12.1. The Morgan fingerprint density at radius 3 is 2.17 bits per heavy atom. The molecule has 0 amide bonds. The molecule has 1 aromatic heterocycles. The fourth-order valence-corrected chi connectivity index (χ4v) is 3.34. The van der Waals surface area contributed by atoms with Crippen LogP contribution in [-0.2, 0) is 25.6 Å². The summed E-state index contributed by atoms with van der Waals surface area (Å²) < 4.78 is 10.2. The molecule has 0 radical (unpaired) electrons. The van der Waals surface area contributed by atoms with Crippen LogP contribution in [0.2, 0.25) is 0 Å². The molecule has 0 aromatic carbocycles. The van der Waals surface area contributed by atoms with E-state index < -0.39 is 12.1 Å². The molecule has 1 aliphatic rings. The van der Waals surface area contributed by atoms with E-state index in [-0.39, 0.29) is 24.3 Å². The van der Waals surface area contributed by atoms with Crippen LogP contribution < -0.4 is 5.73 Å². The van der Waals surface area contributed by atoms with Crippen molar-refractivity contribution in [3.05, 3.63) is 11.1 Å². The lowest BCUT2D eigenvalue weighted by Crippen LogP contribution is -2.44. The highest BCUT2D eigenvalue weighted by Gasteiger charge is 2.43. The van der Waals surface area contributed by atoms with Crippen molar-refractivity contribution in [3.63, 3.8) is 0 Å². The van der Waals surface area contributed by atoms with Crippen molar-refractivity contribution >= 4 is 40.8 Å². The summed E-state index contributed by atoms with van der Waals surface area (Å²) in [4.78, 5) is 31.0. The second-order valence-corrected chi connectivity index (χ2v) is 6.10. The molecule has 2 atom stereocenters. The van der Waals surface area contributed by atoms with Crippen molar-refractivity contribution in [1.29, 1.82) is 0 Å². The molecule has 2 rings (SSSR count). The van der Waals surface area contributed by atoms with Crippen LogP contribution in [0.3, 0.4) is 0 Å². The first-order valence-electron chi connectivity index (χ1n) is 7.36. The molecule has 0 unspecified atom stereocenters. The standard InChI is InChI=1S/C14H21N3O4S.ClH/c1-3-20-12(18)10-5-6-11(13(19)21-4-2)17(10)8-9-7-16-14(15)22-9;/h7,10-11H,3-6,8H2,1-2H3,(H2,15,16);1H/t10-,11-;/m1./s1. The summed E-state index contributed by atoms with van der Waals surface area (Å²) in [5.74, 6) is -0.599. The Morgan fingerprint density at radius 1 is 1.26 bits per heavy atom. The van der Waals surface area contributed by atoms with Crippen molar-refractivity contribution in [2.45, 2.75) is 45.3 Å². The number of halogens is 1. The molecule has 7 nitrogen and oxygen atoms in total. The maximum absolute atomic E-state index is 12.1. The lowest BCUT2D eigenvalue weighted by Gasteiger charge is -2.26. The number of anilines is 1. The van der Waals surface area contributed by atoms with E-state index >= 15 is 0 Å². The lowest BCUT2D eigenvalue weighted by molar-refractivity contribution is -0.153. The molecule has 0 aliphatic carbocycles. The molecule has 2 heterocycles. The lowest BCUT2D eigenvalue weighted by atomic mass is 10.2. The van der Waals surface area contributed by atoms with E-state index in [0.29, 0.717) is 37.7 Å². The van der Waals surface area contributed by atoms with Crippen LogP contribution in [0.1, 0.15) is 31.6 Å². The molecule has 1 saturated heterocycles. The normalized spacial score (nSPS) is 20.8. The van der Waals surface area contributed by atoms with Gasteiger partial charge in [0.2, 0.25) is 0 Å². The largest absolute Gasteiger partial charge is 0.465 e. The predicted octanol–water partition coefficient (Wildman–Crippen LogP) is 1.61. The van der Waals surface area contributed by atoms with Crippen molar-refractivity contribution in [3.8, 4) is 0 Å². The van der Waals surface area contributed by atoms with E-state index in [1.54, 1.807) is 20.0 Å². The summed E-state index contributed by atoms with van der Waals surface area (Å²) >= 11 is 1.35. The summed E-state index contributed by atoms with van der Waals surface area (Å²) in [6.45, 7) is 4.61. The minimum absolute atomic E-state index is 0. The van der Waals surface area contributed by atoms with Crippen LogP contribution in [0.5, 0.6) is 0 Å². The average molecular weight is 364 g/mol. The molecule has 23 heavy (non-hydrogen) atoms. The molecule has 9 heteroatoms. The van der Waals surface area contributed by atoms with Crippen LogP contribution in [0.15, 0.2) is 6.20 Å². The molecule has 1 aromatic rings. The number of likely N-dealkylation sites (tertiary alicyclic amines) is 1. The van der Waals surface area contributed by atoms with Gasteiger partial charge in [-0.3, -0.25) is 14.5 Å². The average Bonchev–Trinajstić information content (AvgIpc) is 3.06. The van der Waals surface area contributed by atoms with Crippen LogP contribution in [-0.4, -0.2) is 47.1 Å². The van der Waals surface area contributed by atoms with Gasteiger partial charge in [-0.25, -0.2) is 4.98 Å². The number of thiazole rings is 1. The Labute approximate surface area is 145 Å². The second kappa shape index (κ2) is 9.05. The third kappa shape index (κ3) is 4.79. The maximum Gasteiger partial charge on any atom is 0.323 e. The summed E-state index contributed by atoms with van der Waals surface area (Å²) in [7, 11) is 0. The number of ether oxygens (including phenoxy) is 2. The highest BCUT2D eigenvalue weighted by Crippen LogP contribution is 2.29. The fraction of sp³-hybridized carbons (Fsp3) is 0.643. The molecule has 130 valence electrons. The molecule has 0 saturated carbocycles. The first-order valence-corrected chi connectivity index (χ1v) is 8.17. The molecular weight excluding hydrogens is 342 g/mol. The first-order chi connectivity index (χ1) is 10.6. The SMILES string of the molecule is CCOC(=O)[C@H]1CC[C@H](C(=O)OCC)N1Cc1cnc(N)s1.Cl. The van der Waals surface area contributed by atoms with Gasteiger partial charge < -0.3 is 15.2 Å². The zero-order chi connectivity index (χ0) is 16.1. The van der Waals surface area contributed by atoms with Gasteiger partial charge in [0.1, 0.15) is 12.1 Å². The highest BCUT2D eigenvalue weighted by atomic mass is 35.5. The van der Waals surface area contributed by atoms with Gasteiger partial charge in [0.25, 0.3) is 0 Å². The van der Waals surface area contributed by atoms with Gasteiger partial charge in [-0.1, -0.05) is 0 Å². The summed E-state index contributed by atoms with van der Waals surface area (Å²) in [5, 5.41) is 0.467. The Hall–Kier alpha value is -1.38. The van der Waals surface area contributed by atoms with Crippen molar-refractivity contribution in [2.24, 2.45) is 0 Å². The van der Waals surface area contributed by atoms with Gasteiger partial charge in [-0.15, -0.1) is 23.7 Å². The van der Waals surface area contributed by atoms with E-state index in [1.807, 2.05) is 4.90 Å². The summed E-state index contributed by atoms with van der Waals surface area (Å²) in [6, 6.07) is -0.865. The van der Waals surface area contributed by atoms with Gasteiger partial charge in [-0.05, 0) is 26.7 Å². The Morgan fingerprint density at radius 2 is 1.78 bits per heavy atom. The number of carbonyl (C=O) groups is 2. The third-order valence-corrected chi connectivity index (χ3v) is 4.35. The van der Waals surface area contributed by atoms with E-state index in [2.05, 4.69) is 4.98 Å². The van der Waals surface area contributed by atoms with E-state index in [9.17, 15) is 9.59 Å². The highest BCUT2D eigenvalue weighted by molar-refractivity contribution is 7.15. The van der Waals surface area contributed by atoms with Crippen molar-refractivity contribution < 1.29 is 19.1 Å². The van der Waals surface area contributed by atoms with Gasteiger partial charge in [0.05, 0.1) is 13.2 Å². The number of hydrogen-bond donors (Lipinski definition) is 1. The topological polar surface area (TPSA) is 94.8 Å². The van der Waals surface area contributed by atoms with Gasteiger partial charge in [0.15, 0.2) is 5.13 Å². The molecule has 1 fully saturated rings. The Balaban J connectivity index is 0.00000264. The number of rotatable bonds is 6. The monoisotopic (exact) mass is 363 g/mol. The number of nitrogen functional groups attached to an aromatic ring is 1. The van der Waals surface area contributed by atoms with Crippen LogP contribution in [0.4, 0.5) is 5.13 Å². The number of carbonyl (C=O) groups excluding carboxylic acids is 2. The summed E-state index contributed by atoms with van der Waals surface area (Å²) in [5.41, 5.74) is 5.64. The van der Waals surface area contributed by atoms with Crippen molar-refractivity contribution in [2.75, 3.05) is 18.9 Å². The number of nitrogens with zero attached hydrogens (tertiary/aromatic N) is 2. The van der Waals surface area contributed by atoms with E-state index in [0.717, 1.165) is 4.88 Å². The Bertz CT molecular complexity index is 514. The molecule has 2 N–H and O–H groups in total. The molecule has 1 aliphatic heterocycles. The number of aromatic nitrogens is 1. The minimum atomic E-state index is -0.433. The molecular formula is C14H22ClN3O4S.